The molecule has 0 unspecified atom stereocenters. The maximum atomic E-state index is 13.5. The predicted molar refractivity (Wildman–Crippen MR) is 109 cm³/mol. The Kier molecular flexibility index (Phi) is 6.92. The van der Waals surface area contributed by atoms with Gasteiger partial charge in [-0.15, -0.1) is 13.2 Å². The lowest BCUT2D eigenvalue weighted by molar-refractivity contribution is -0.274. The Morgan fingerprint density at radius 2 is 1.34 bits per heavy atom. The number of ether oxygens (including phenoxy) is 2. The van der Waals surface area contributed by atoms with Gasteiger partial charge >= 0.3 is 12.5 Å². The molecule has 3 aromatic rings. The third kappa shape index (κ3) is 6.94. The average molecular weight is 450 g/mol. The van der Waals surface area contributed by atoms with Gasteiger partial charge < -0.3 is 9.47 Å². The first kappa shape index (κ1) is 23.0. The Morgan fingerprint density at radius 3 is 1.97 bits per heavy atom. The number of allylic oxidation sites excluding steroid dienone is 3. The molecule has 0 bridgehead atoms. The van der Waals surface area contributed by atoms with Crippen LogP contribution in [-0.4, -0.2) is 12.5 Å². The van der Waals surface area contributed by atoms with Crippen molar-refractivity contribution in [3.05, 3.63) is 102 Å². The molecule has 0 spiro atoms. The highest BCUT2D eigenvalue weighted by Gasteiger charge is 2.35. The van der Waals surface area contributed by atoms with E-state index in [4.69, 9.17) is 4.74 Å². The molecule has 0 atom stereocenters. The highest BCUT2D eigenvalue weighted by Crippen LogP contribution is 2.35. The van der Waals surface area contributed by atoms with Crippen LogP contribution in [0.4, 0.5) is 26.3 Å². The summed E-state index contributed by atoms with van der Waals surface area (Å²) in [6, 6.07) is 19.3. The SMILES string of the molecule is FC(F)(F)Oc1ccc(C(=CC=Cc2cccc(Oc3ccccc3)c2)C(F)(F)F)cc1. The Labute approximate surface area is 180 Å². The summed E-state index contributed by atoms with van der Waals surface area (Å²) < 4.78 is 86.5. The Bertz CT molecular complexity index is 1080. The van der Waals surface area contributed by atoms with Crippen molar-refractivity contribution in [1.82, 2.24) is 0 Å². The molecule has 0 aliphatic carbocycles. The predicted octanol–water partition coefficient (Wildman–Crippen LogP) is 8.04. The molecule has 0 amide bonds. The first-order valence-corrected chi connectivity index (χ1v) is 9.25. The van der Waals surface area contributed by atoms with Crippen LogP contribution in [0, 0.1) is 0 Å². The highest BCUT2D eigenvalue weighted by molar-refractivity contribution is 5.72. The minimum atomic E-state index is -4.92. The number of hydrogen-bond donors (Lipinski definition) is 0. The molecule has 0 aliphatic heterocycles. The Morgan fingerprint density at radius 1 is 0.688 bits per heavy atom. The van der Waals surface area contributed by atoms with Crippen LogP contribution in [0.1, 0.15) is 11.1 Å². The van der Waals surface area contributed by atoms with E-state index in [1.807, 2.05) is 18.2 Å². The average Bonchev–Trinajstić information content (AvgIpc) is 2.71. The van der Waals surface area contributed by atoms with Gasteiger partial charge in [-0.05, 0) is 53.6 Å². The molecule has 166 valence electrons. The van der Waals surface area contributed by atoms with E-state index in [1.165, 1.54) is 12.2 Å². The van der Waals surface area contributed by atoms with Gasteiger partial charge in [-0.2, -0.15) is 13.2 Å². The van der Waals surface area contributed by atoms with E-state index < -0.39 is 23.9 Å². The van der Waals surface area contributed by atoms with Crippen LogP contribution in [0.15, 0.2) is 91.0 Å². The van der Waals surface area contributed by atoms with Gasteiger partial charge in [0.2, 0.25) is 0 Å². The van der Waals surface area contributed by atoms with E-state index in [1.54, 1.807) is 36.4 Å². The van der Waals surface area contributed by atoms with Crippen molar-refractivity contribution in [2.24, 2.45) is 0 Å². The van der Waals surface area contributed by atoms with Crippen molar-refractivity contribution in [3.8, 4) is 17.2 Å². The first-order valence-electron chi connectivity index (χ1n) is 9.25. The van der Waals surface area contributed by atoms with Crippen molar-refractivity contribution in [2.75, 3.05) is 0 Å². The maximum absolute atomic E-state index is 13.5. The summed E-state index contributed by atoms with van der Waals surface area (Å²) in [5, 5.41) is 0. The molecule has 8 heteroatoms. The summed E-state index contributed by atoms with van der Waals surface area (Å²) in [6.45, 7) is 0. The second kappa shape index (κ2) is 9.64. The third-order valence-electron chi connectivity index (χ3n) is 4.09. The van der Waals surface area contributed by atoms with Crippen LogP contribution in [-0.2, 0) is 0 Å². The van der Waals surface area contributed by atoms with E-state index in [0.717, 1.165) is 30.3 Å². The molecule has 2 nitrogen and oxygen atoms in total. The number of benzene rings is 3. The van der Waals surface area contributed by atoms with Crippen LogP contribution in [0.5, 0.6) is 17.2 Å². The van der Waals surface area contributed by atoms with Crippen LogP contribution >= 0.6 is 0 Å². The lowest BCUT2D eigenvalue weighted by Gasteiger charge is -2.13. The highest BCUT2D eigenvalue weighted by atomic mass is 19.4. The lowest BCUT2D eigenvalue weighted by atomic mass is 10.0. The smallest absolute Gasteiger partial charge is 0.457 e. The normalized spacial score (nSPS) is 12.8. The molecule has 0 saturated carbocycles. The van der Waals surface area contributed by atoms with Crippen LogP contribution in [0.3, 0.4) is 0 Å². The first-order chi connectivity index (χ1) is 15.1. The van der Waals surface area contributed by atoms with Gasteiger partial charge in [0, 0.05) is 0 Å². The Hall–Kier alpha value is -3.68. The van der Waals surface area contributed by atoms with E-state index in [0.29, 0.717) is 17.1 Å². The van der Waals surface area contributed by atoms with Crippen molar-refractivity contribution >= 4 is 11.6 Å². The van der Waals surface area contributed by atoms with Crippen LogP contribution in [0.25, 0.3) is 11.6 Å². The number of para-hydroxylation sites is 1. The second-order valence-electron chi connectivity index (χ2n) is 6.50. The Balaban J connectivity index is 1.79. The van der Waals surface area contributed by atoms with E-state index >= 15 is 0 Å². The molecule has 0 radical (unpaired) electrons. The molecule has 0 saturated heterocycles. The van der Waals surface area contributed by atoms with E-state index in [9.17, 15) is 26.3 Å². The lowest BCUT2D eigenvalue weighted by Crippen LogP contribution is -2.17. The molecular weight excluding hydrogens is 434 g/mol. The molecule has 0 fully saturated rings. The topological polar surface area (TPSA) is 18.5 Å². The van der Waals surface area contributed by atoms with Gasteiger partial charge in [0.15, 0.2) is 0 Å². The monoisotopic (exact) mass is 450 g/mol. The minimum absolute atomic E-state index is 0.294. The maximum Gasteiger partial charge on any atom is 0.573 e. The minimum Gasteiger partial charge on any atom is -0.457 e. The fourth-order valence-corrected chi connectivity index (χ4v) is 2.75. The van der Waals surface area contributed by atoms with Gasteiger partial charge in [-0.1, -0.05) is 54.6 Å². The fourth-order valence-electron chi connectivity index (χ4n) is 2.75. The standard InChI is InChI=1S/C24H16F6O2/c25-23(26,27)22(18-12-14-20(15-13-18)32-24(28,29)30)11-5-7-17-6-4-10-21(16-17)31-19-8-2-1-3-9-19/h1-16H. The molecule has 0 N–H and O–H groups in total. The molecule has 3 rings (SSSR count). The molecular formula is C24H16F6O2. The summed E-state index contributed by atoms with van der Waals surface area (Å²) in [6.07, 6.45) is -6.11. The fraction of sp³-hybridized carbons (Fsp3) is 0.0833. The summed E-state index contributed by atoms with van der Waals surface area (Å²) in [5.41, 5.74) is -0.702. The van der Waals surface area contributed by atoms with E-state index in [-0.39, 0.29) is 5.56 Å². The van der Waals surface area contributed by atoms with Crippen molar-refractivity contribution in [1.29, 1.82) is 0 Å². The zero-order valence-corrected chi connectivity index (χ0v) is 16.3. The summed E-state index contributed by atoms with van der Waals surface area (Å²) in [4.78, 5) is 0. The van der Waals surface area contributed by atoms with Crippen molar-refractivity contribution in [3.63, 3.8) is 0 Å². The summed E-state index contributed by atoms with van der Waals surface area (Å²) in [7, 11) is 0. The van der Waals surface area contributed by atoms with Gasteiger partial charge in [0.1, 0.15) is 17.2 Å². The van der Waals surface area contributed by atoms with Crippen LogP contribution in [0.2, 0.25) is 0 Å². The third-order valence-corrected chi connectivity index (χ3v) is 4.09. The molecule has 32 heavy (non-hydrogen) atoms. The molecule has 0 aliphatic rings. The zero-order chi connectivity index (χ0) is 23.2. The number of alkyl halides is 6. The number of hydrogen-bond acceptors (Lipinski definition) is 2. The number of halogens is 6. The quantitative estimate of drug-likeness (QED) is 0.280. The largest absolute Gasteiger partial charge is 0.573 e. The molecule has 0 aromatic heterocycles. The van der Waals surface area contributed by atoms with Gasteiger partial charge in [0.25, 0.3) is 0 Å². The molecule has 0 heterocycles. The second-order valence-corrected chi connectivity index (χ2v) is 6.50. The summed E-state index contributed by atoms with van der Waals surface area (Å²) >= 11 is 0. The van der Waals surface area contributed by atoms with Crippen molar-refractivity contribution < 1.29 is 35.8 Å². The van der Waals surface area contributed by atoms with E-state index in [2.05, 4.69) is 4.74 Å². The van der Waals surface area contributed by atoms with Crippen LogP contribution < -0.4 is 9.47 Å². The summed E-state index contributed by atoms with van der Waals surface area (Å²) in [5.74, 6) is 0.526. The van der Waals surface area contributed by atoms with Gasteiger partial charge in [-0.3, -0.25) is 0 Å². The number of rotatable bonds is 6. The van der Waals surface area contributed by atoms with Crippen molar-refractivity contribution in [2.45, 2.75) is 12.5 Å². The molecule has 3 aromatic carbocycles. The van der Waals surface area contributed by atoms with Gasteiger partial charge in [0.05, 0.1) is 5.57 Å². The van der Waals surface area contributed by atoms with Gasteiger partial charge in [-0.25, -0.2) is 0 Å². The zero-order valence-electron chi connectivity index (χ0n) is 16.3.